The average molecular weight is 360 g/mol. The van der Waals surface area contributed by atoms with E-state index in [1.807, 2.05) is 39.8 Å². The molecule has 1 fully saturated rings. The summed E-state index contributed by atoms with van der Waals surface area (Å²) in [6, 6.07) is 3.76. The minimum atomic E-state index is -0.525. The number of amides is 1. The van der Waals surface area contributed by atoms with Crippen molar-refractivity contribution in [2.45, 2.75) is 65.3 Å². The number of carbonyl (C=O) groups is 2. The molecule has 0 aromatic heterocycles. The topological polar surface area (TPSA) is 67.9 Å². The van der Waals surface area contributed by atoms with Crippen molar-refractivity contribution in [1.29, 1.82) is 0 Å². The van der Waals surface area contributed by atoms with E-state index in [1.165, 1.54) is 0 Å². The van der Waals surface area contributed by atoms with Crippen molar-refractivity contribution in [2.75, 3.05) is 13.1 Å². The molecule has 1 aromatic rings. The van der Waals surface area contributed by atoms with Crippen LogP contribution in [0.25, 0.3) is 0 Å². The molecule has 2 aliphatic heterocycles. The largest absolute Gasteiger partial charge is 0.457 e. The third-order valence-electron chi connectivity index (χ3n) is 4.79. The molecule has 6 heteroatoms. The highest BCUT2D eigenvalue weighted by atomic mass is 16.6. The van der Waals surface area contributed by atoms with Gasteiger partial charge in [-0.2, -0.15) is 0 Å². The van der Waals surface area contributed by atoms with E-state index in [2.05, 4.69) is 19.2 Å². The number of piperazine rings is 1. The second kappa shape index (κ2) is 6.27. The van der Waals surface area contributed by atoms with Crippen LogP contribution < -0.4 is 5.32 Å². The molecule has 1 unspecified atom stereocenters. The summed E-state index contributed by atoms with van der Waals surface area (Å²) < 4.78 is 10.7. The van der Waals surface area contributed by atoms with Crippen LogP contribution >= 0.6 is 0 Å². The lowest BCUT2D eigenvalue weighted by atomic mass is 9.90. The molecule has 1 saturated heterocycles. The first-order valence-electron chi connectivity index (χ1n) is 9.02. The normalized spacial score (nSPS) is 22.0. The highest BCUT2D eigenvalue weighted by Crippen LogP contribution is 2.32. The van der Waals surface area contributed by atoms with Crippen LogP contribution in [0, 0.1) is 6.92 Å². The zero-order valence-electron chi connectivity index (χ0n) is 16.4. The Balaban J connectivity index is 1.88. The second-order valence-electron chi connectivity index (χ2n) is 8.82. The molecule has 2 aliphatic rings. The Labute approximate surface area is 154 Å². The van der Waals surface area contributed by atoms with Gasteiger partial charge in [0.25, 0.3) is 0 Å². The van der Waals surface area contributed by atoms with Gasteiger partial charge in [-0.1, -0.05) is 6.07 Å². The molecule has 0 radical (unpaired) electrons. The fourth-order valence-corrected chi connectivity index (χ4v) is 3.71. The summed E-state index contributed by atoms with van der Waals surface area (Å²) in [4.78, 5) is 26.1. The van der Waals surface area contributed by atoms with Gasteiger partial charge in [0.1, 0.15) is 12.2 Å². The number of cyclic esters (lactones) is 1. The van der Waals surface area contributed by atoms with Crippen LogP contribution in [0.4, 0.5) is 4.79 Å². The van der Waals surface area contributed by atoms with Crippen LogP contribution in [0.2, 0.25) is 0 Å². The number of ether oxygens (including phenoxy) is 2. The van der Waals surface area contributed by atoms with Crippen molar-refractivity contribution >= 4 is 12.1 Å². The molecule has 142 valence electrons. The Bertz CT molecular complexity index is 749. The number of nitrogens with one attached hydrogen (secondary N) is 1. The fraction of sp³-hybridized carbons (Fsp3) is 0.600. The standard InChI is InChI=1S/C20H28N2O4/c1-12-13(7-8-14-15(12)10-25-17(14)23)16-9-22(11-20(5,6)21-16)18(24)26-19(2,3)4/h7-8,16,21H,9-11H2,1-6H3. The summed E-state index contributed by atoms with van der Waals surface area (Å²) in [5.74, 6) is -0.262. The van der Waals surface area contributed by atoms with E-state index >= 15 is 0 Å². The average Bonchev–Trinajstić information content (AvgIpc) is 2.86. The molecule has 0 spiro atoms. The molecular formula is C20H28N2O4. The van der Waals surface area contributed by atoms with Gasteiger partial charge in [-0.25, -0.2) is 9.59 Å². The number of hydrogen-bond acceptors (Lipinski definition) is 5. The summed E-state index contributed by atoms with van der Waals surface area (Å²) in [6.45, 7) is 13.2. The highest BCUT2D eigenvalue weighted by molar-refractivity contribution is 5.94. The molecule has 2 heterocycles. The molecule has 1 N–H and O–H groups in total. The van der Waals surface area contributed by atoms with Gasteiger partial charge in [0.05, 0.1) is 11.6 Å². The van der Waals surface area contributed by atoms with Gasteiger partial charge in [0.2, 0.25) is 0 Å². The zero-order valence-corrected chi connectivity index (χ0v) is 16.4. The van der Waals surface area contributed by atoms with E-state index in [0.29, 0.717) is 25.3 Å². The third-order valence-corrected chi connectivity index (χ3v) is 4.79. The summed E-state index contributed by atoms with van der Waals surface area (Å²) in [5.41, 5.74) is 2.95. The van der Waals surface area contributed by atoms with Crippen LogP contribution in [-0.4, -0.2) is 41.2 Å². The number of fused-ring (bicyclic) bond motifs is 1. The fourth-order valence-electron chi connectivity index (χ4n) is 3.71. The maximum Gasteiger partial charge on any atom is 0.410 e. The second-order valence-corrected chi connectivity index (χ2v) is 8.82. The number of carbonyl (C=O) groups excluding carboxylic acids is 2. The van der Waals surface area contributed by atoms with Gasteiger partial charge in [-0.05, 0) is 58.7 Å². The van der Waals surface area contributed by atoms with Crippen molar-refractivity contribution < 1.29 is 19.1 Å². The predicted octanol–water partition coefficient (Wildman–Crippen LogP) is 3.33. The SMILES string of the molecule is Cc1c(C2CN(C(=O)OC(C)(C)C)CC(C)(C)N2)ccc2c1COC2=O. The number of nitrogens with zero attached hydrogens (tertiary/aromatic N) is 1. The Morgan fingerprint density at radius 1 is 1.35 bits per heavy atom. The molecule has 1 amide bonds. The van der Waals surface area contributed by atoms with Gasteiger partial charge in [0.15, 0.2) is 0 Å². The van der Waals surface area contributed by atoms with Crippen molar-refractivity contribution in [3.63, 3.8) is 0 Å². The summed E-state index contributed by atoms with van der Waals surface area (Å²) in [6.07, 6.45) is -0.297. The van der Waals surface area contributed by atoms with Crippen molar-refractivity contribution in [2.24, 2.45) is 0 Å². The monoisotopic (exact) mass is 360 g/mol. The Morgan fingerprint density at radius 2 is 2.04 bits per heavy atom. The van der Waals surface area contributed by atoms with Gasteiger partial charge in [-0.3, -0.25) is 0 Å². The molecule has 1 aromatic carbocycles. The highest BCUT2D eigenvalue weighted by Gasteiger charge is 2.38. The van der Waals surface area contributed by atoms with E-state index < -0.39 is 5.60 Å². The molecule has 0 saturated carbocycles. The van der Waals surface area contributed by atoms with Gasteiger partial charge in [-0.15, -0.1) is 0 Å². The lowest BCUT2D eigenvalue weighted by Gasteiger charge is -2.44. The first kappa shape index (κ1) is 18.7. The van der Waals surface area contributed by atoms with Gasteiger partial charge < -0.3 is 19.7 Å². The van der Waals surface area contributed by atoms with E-state index in [-0.39, 0.29) is 23.6 Å². The minimum Gasteiger partial charge on any atom is -0.457 e. The van der Waals surface area contributed by atoms with Crippen LogP contribution in [0.15, 0.2) is 12.1 Å². The minimum absolute atomic E-state index is 0.0349. The summed E-state index contributed by atoms with van der Waals surface area (Å²) in [5, 5.41) is 3.62. The zero-order chi connectivity index (χ0) is 19.3. The molecule has 3 rings (SSSR count). The third kappa shape index (κ3) is 3.70. The van der Waals surface area contributed by atoms with Crippen molar-refractivity contribution in [3.8, 4) is 0 Å². The van der Waals surface area contributed by atoms with Crippen LogP contribution in [0.3, 0.4) is 0 Å². The van der Waals surface area contributed by atoms with E-state index in [1.54, 1.807) is 4.90 Å². The van der Waals surface area contributed by atoms with Crippen molar-refractivity contribution in [1.82, 2.24) is 10.2 Å². The summed E-state index contributed by atoms with van der Waals surface area (Å²) >= 11 is 0. The Hall–Kier alpha value is -2.08. The maximum atomic E-state index is 12.6. The lowest BCUT2D eigenvalue weighted by molar-refractivity contribution is 0.00892. The number of benzene rings is 1. The Morgan fingerprint density at radius 3 is 2.69 bits per heavy atom. The first-order chi connectivity index (χ1) is 12.0. The molecule has 1 atom stereocenters. The quantitative estimate of drug-likeness (QED) is 0.778. The van der Waals surface area contributed by atoms with Crippen LogP contribution in [-0.2, 0) is 16.1 Å². The number of rotatable bonds is 1. The molecule has 0 aliphatic carbocycles. The maximum absolute atomic E-state index is 12.6. The van der Waals surface area contributed by atoms with Crippen molar-refractivity contribution in [3.05, 3.63) is 34.4 Å². The molecule has 6 nitrogen and oxygen atoms in total. The van der Waals surface area contributed by atoms with Gasteiger partial charge in [0, 0.05) is 24.2 Å². The number of hydrogen-bond donors (Lipinski definition) is 1. The van der Waals surface area contributed by atoms with Crippen LogP contribution in [0.1, 0.15) is 67.7 Å². The summed E-state index contributed by atoms with van der Waals surface area (Å²) in [7, 11) is 0. The molecular weight excluding hydrogens is 332 g/mol. The molecule has 0 bridgehead atoms. The molecule has 26 heavy (non-hydrogen) atoms. The number of esters is 1. The van der Waals surface area contributed by atoms with E-state index in [4.69, 9.17) is 9.47 Å². The lowest BCUT2D eigenvalue weighted by Crippen LogP contribution is -2.60. The smallest absolute Gasteiger partial charge is 0.410 e. The van der Waals surface area contributed by atoms with E-state index in [9.17, 15) is 9.59 Å². The van der Waals surface area contributed by atoms with E-state index in [0.717, 1.165) is 16.7 Å². The van der Waals surface area contributed by atoms with Gasteiger partial charge >= 0.3 is 12.1 Å². The predicted molar refractivity (Wildman–Crippen MR) is 98.1 cm³/mol. The Kier molecular flexibility index (Phi) is 4.51. The van der Waals surface area contributed by atoms with Crippen LogP contribution in [0.5, 0.6) is 0 Å². The first-order valence-corrected chi connectivity index (χ1v) is 9.02.